The van der Waals surface area contributed by atoms with Crippen LogP contribution in [-0.2, 0) is 33.2 Å². The molecule has 0 aromatic heterocycles. The minimum Gasteiger partial charge on any atom is -0.459 e. The van der Waals surface area contributed by atoms with Gasteiger partial charge in [0.05, 0.1) is 23.8 Å². The van der Waals surface area contributed by atoms with E-state index in [1.54, 1.807) is 33.5 Å². The molecule has 13 atom stereocenters. The molecule has 1 aliphatic heterocycles. The predicted molar refractivity (Wildman–Crippen MR) is 156 cm³/mol. The van der Waals surface area contributed by atoms with Gasteiger partial charge in [0.15, 0.2) is 5.60 Å². The van der Waals surface area contributed by atoms with E-state index in [0.29, 0.717) is 12.0 Å². The van der Waals surface area contributed by atoms with E-state index in [2.05, 4.69) is 18.7 Å². The monoisotopic (exact) mass is 597 g/mol. The first-order chi connectivity index (χ1) is 20.6. The van der Waals surface area contributed by atoms with Gasteiger partial charge in [-0.15, -0.1) is 0 Å². The number of likely N-dealkylation sites (tertiary alicyclic amines) is 1. The third kappa shape index (κ3) is 3.36. The third-order valence-electron chi connectivity index (χ3n) is 13.2. The van der Waals surface area contributed by atoms with Crippen molar-refractivity contribution in [2.24, 2.45) is 34.5 Å². The molecule has 7 rings (SSSR count). The molecule has 5 aliphatic carbocycles. The average molecular weight is 598 g/mol. The Bertz CT molecular complexity index is 1280. The second kappa shape index (κ2) is 9.98. The van der Waals surface area contributed by atoms with Crippen LogP contribution in [0, 0.1) is 34.5 Å². The van der Waals surface area contributed by atoms with Crippen LogP contribution in [0.25, 0.3) is 0 Å². The van der Waals surface area contributed by atoms with Gasteiger partial charge in [-0.25, -0.2) is 4.79 Å². The summed E-state index contributed by atoms with van der Waals surface area (Å²) in [6.45, 7) is 7.79. The first-order valence-electron chi connectivity index (χ1n) is 16.0. The van der Waals surface area contributed by atoms with Gasteiger partial charge in [0.25, 0.3) is 0 Å². The lowest BCUT2D eigenvalue weighted by Gasteiger charge is -2.70. The van der Waals surface area contributed by atoms with Gasteiger partial charge in [0.2, 0.25) is 0 Å². The fraction of sp³-hybridized carbons (Fsp3) is 0.765. The summed E-state index contributed by atoms with van der Waals surface area (Å²) in [6.07, 6.45) is 1.92. The molecule has 9 heteroatoms. The zero-order chi connectivity index (χ0) is 30.5. The third-order valence-corrected chi connectivity index (χ3v) is 13.2. The van der Waals surface area contributed by atoms with Crippen LogP contribution in [0.5, 0.6) is 0 Å². The summed E-state index contributed by atoms with van der Waals surface area (Å²) >= 11 is 0. The average Bonchev–Trinajstić information content (AvgIpc) is 3.40. The number of esters is 2. The number of nitrogens with zero attached hydrogens (tertiary/aromatic N) is 1. The van der Waals surface area contributed by atoms with Crippen molar-refractivity contribution in [1.82, 2.24) is 4.90 Å². The second-order valence-electron chi connectivity index (χ2n) is 14.2. The van der Waals surface area contributed by atoms with Gasteiger partial charge in [-0.1, -0.05) is 32.0 Å². The van der Waals surface area contributed by atoms with Crippen LogP contribution in [0.4, 0.5) is 0 Å². The summed E-state index contributed by atoms with van der Waals surface area (Å²) in [4.78, 5) is 29.3. The molecule has 1 saturated heterocycles. The van der Waals surface area contributed by atoms with E-state index < -0.39 is 28.8 Å². The fourth-order valence-electron chi connectivity index (χ4n) is 12.3. The maximum atomic E-state index is 13.7. The molecule has 6 aliphatic rings. The predicted octanol–water partition coefficient (Wildman–Crippen LogP) is 3.73. The largest absolute Gasteiger partial charge is 0.459 e. The minimum atomic E-state index is -1.04. The molecule has 1 aromatic rings. The molecule has 43 heavy (non-hydrogen) atoms. The Kier molecular flexibility index (Phi) is 6.88. The maximum Gasteiger partial charge on any atom is 0.338 e. The van der Waals surface area contributed by atoms with E-state index in [1.165, 1.54) is 6.92 Å². The zero-order valence-electron chi connectivity index (χ0n) is 26.5. The number of fused-ring (bicyclic) bond motifs is 2. The van der Waals surface area contributed by atoms with Crippen molar-refractivity contribution in [3.63, 3.8) is 0 Å². The molecule has 6 fully saturated rings. The van der Waals surface area contributed by atoms with E-state index in [9.17, 15) is 9.59 Å². The Morgan fingerprint density at radius 3 is 2.37 bits per heavy atom. The molecular weight excluding hydrogens is 550 g/mol. The molecule has 0 radical (unpaired) electrons. The number of hydrogen-bond donors (Lipinski definition) is 0. The number of carbonyl (C=O) groups is 2. The summed E-state index contributed by atoms with van der Waals surface area (Å²) in [5.74, 6) is -0.810. The number of benzene rings is 1. The van der Waals surface area contributed by atoms with Gasteiger partial charge in [-0.2, -0.15) is 0 Å². The number of piperidine rings is 1. The Morgan fingerprint density at radius 2 is 1.77 bits per heavy atom. The normalized spacial score (nSPS) is 49.0. The summed E-state index contributed by atoms with van der Waals surface area (Å²) in [6, 6.07) is 9.06. The molecule has 1 spiro atoms. The van der Waals surface area contributed by atoms with Crippen molar-refractivity contribution in [2.45, 2.75) is 88.1 Å². The van der Waals surface area contributed by atoms with Crippen molar-refractivity contribution in [3.05, 3.63) is 35.9 Å². The Morgan fingerprint density at radius 1 is 1.02 bits per heavy atom. The van der Waals surface area contributed by atoms with E-state index in [4.69, 9.17) is 28.4 Å². The summed E-state index contributed by atoms with van der Waals surface area (Å²) in [5.41, 5.74) is -2.02. The lowest BCUT2D eigenvalue weighted by Crippen LogP contribution is -2.82. The van der Waals surface area contributed by atoms with Crippen LogP contribution < -0.4 is 0 Å². The highest BCUT2D eigenvalue weighted by atomic mass is 16.6. The molecule has 1 aromatic carbocycles. The first-order valence-corrected chi connectivity index (χ1v) is 16.0. The van der Waals surface area contributed by atoms with Crippen molar-refractivity contribution in [1.29, 1.82) is 0 Å². The van der Waals surface area contributed by atoms with Gasteiger partial charge >= 0.3 is 11.9 Å². The number of likely N-dealkylation sites (N-methyl/N-ethyl adjacent to an activating group) is 1. The standard InChI is InChI=1S/C34H47NO8/c1-8-35-18-31(3)15-14-24(39-5)33-22-16-21-23(38-4)17-32(40-6,25(22)26(21)43-29(37)20-12-10-9-11-13-20)34(41-7,30(33)35)28(27(31)33)42-19(2)36/h9-13,21-28,30H,8,14-18H2,1-7H3/t21-,22-,23+,24+,25-,26+,27-,28-,30+,31+,32-,33+,34-/m1/s1. The molecule has 0 N–H and O–H groups in total. The van der Waals surface area contributed by atoms with E-state index in [-0.39, 0.29) is 59.3 Å². The van der Waals surface area contributed by atoms with Crippen LogP contribution in [0.2, 0.25) is 0 Å². The molecule has 236 valence electrons. The van der Waals surface area contributed by atoms with Gasteiger partial charge in [0, 0.05) is 71.5 Å². The molecule has 1 heterocycles. The molecule has 0 unspecified atom stereocenters. The smallest absolute Gasteiger partial charge is 0.338 e. The van der Waals surface area contributed by atoms with Crippen LogP contribution in [0.3, 0.4) is 0 Å². The number of methoxy groups -OCH3 is 4. The number of ether oxygens (including phenoxy) is 6. The SMILES string of the molecule is CCN1C[C@]2(C)CC[C@H](OC)[C@@]34[C@@H]5C[C@H]6[C@H](OC(=O)c7ccccc7)[C@@H]5[C@](OC)(C[C@@H]6OC)[C@@](OC)([C@H](OC(C)=O)[C@H]23)[C@@H]14. The van der Waals surface area contributed by atoms with Crippen LogP contribution >= 0.6 is 0 Å². The van der Waals surface area contributed by atoms with Crippen molar-refractivity contribution in [3.8, 4) is 0 Å². The quantitative estimate of drug-likeness (QED) is 0.416. The summed E-state index contributed by atoms with van der Waals surface area (Å²) < 4.78 is 39.7. The molecule has 0 amide bonds. The van der Waals surface area contributed by atoms with Gasteiger partial charge in [-0.3, -0.25) is 9.69 Å². The van der Waals surface area contributed by atoms with Crippen molar-refractivity contribution >= 4 is 11.9 Å². The molecule has 7 bridgehead atoms. The number of carbonyl (C=O) groups excluding carboxylic acids is 2. The molecular formula is C34H47NO8. The summed E-state index contributed by atoms with van der Waals surface area (Å²) in [5, 5.41) is 0. The van der Waals surface area contributed by atoms with E-state index in [1.807, 2.05) is 25.3 Å². The molecule has 9 nitrogen and oxygen atoms in total. The van der Waals surface area contributed by atoms with Gasteiger partial charge in [-0.05, 0) is 49.3 Å². The lowest BCUT2D eigenvalue weighted by atomic mass is 9.43. The van der Waals surface area contributed by atoms with Crippen LogP contribution in [-0.4, -0.2) is 100 Å². The minimum absolute atomic E-state index is 0.00719. The van der Waals surface area contributed by atoms with Crippen molar-refractivity contribution < 1.29 is 38.0 Å². The van der Waals surface area contributed by atoms with E-state index >= 15 is 0 Å². The van der Waals surface area contributed by atoms with Crippen LogP contribution in [0.15, 0.2) is 30.3 Å². The highest BCUT2D eigenvalue weighted by molar-refractivity contribution is 5.89. The van der Waals surface area contributed by atoms with Crippen molar-refractivity contribution in [2.75, 3.05) is 41.5 Å². The highest BCUT2D eigenvalue weighted by Crippen LogP contribution is 2.81. The van der Waals surface area contributed by atoms with E-state index in [0.717, 1.165) is 32.4 Å². The molecule has 5 saturated carbocycles. The summed E-state index contributed by atoms with van der Waals surface area (Å²) in [7, 11) is 7.06. The highest BCUT2D eigenvalue weighted by Gasteiger charge is 2.93. The zero-order valence-corrected chi connectivity index (χ0v) is 26.5. The van der Waals surface area contributed by atoms with Gasteiger partial charge < -0.3 is 28.4 Å². The Hall–Kier alpha value is -2.04. The number of hydrogen-bond acceptors (Lipinski definition) is 9. The lowest BCUT2D eigenvalue weighted by molar-refractivity contribution is -0.329. The second-order valence-corrected chi connectivity index (χ2v) is 14.2. The number of rotatable bonds is 8. The Balaban J connectivity index is 1.50. The van der Waals surface area contributed by atoms with Gasteiger partial charge in [0.1, 0.15) is 17.8 Å². The topological polar surface area (TPSA) is 92.8 Å². The fourth-order valence-corrected chi connectivity index (χ4v) is 12.3. The maximum absolute atomic E-state index is 13.7. The first kappa shape index (κ1) is 29.7. The van der Waals surface area contributed by atoms with Crippen LogP contribution in [0.1, 0.15) is 56.8 Å². The Labute approximate surface area is 254 Å².